The van der Waals surface area contributed by atoms with E-state index in [1.807, 2.05) is 30.3 Å². The van der Waals surface area contributed by atoms with Gasteiger partial charge in [0.05, 0.1) is 7.11 Å². The largest absolute Gasteiger partial charge is 0.467 e. The fraction of sp³-hybridized carbons (Fsp3) is 0.385. The number of carbonyl (C=O) groups is 2. The Kier molecular flexibility index (Phi) is 5.32. The van der Waals surface area contributed by atoms with Gasteiger partial charge in [0, 0.05) is 12.5 Å². The number of benzene rings is 1. The first-order valence-corrected chi connectivity index (χ1v) is 5.72. The number of carbonyl (C=O) groups excluding carboxylic acids is 2. The van der Waals surface area contributed by atoms with E-state index in [1.54, 1.807) is 6.92 Å². The fourth-order valence-electron chi connectivity index (χ4n) is 1.55. The molecule has 0 aromatic heterocycles. The van der Waals surface area contributed by atoms with Gasteiger partial charge in [0.25, 0.3) is 0 Å². The number of rotatable bonds is 5. The van der Waals surface area contributed by atoms with E-state index < -0.39 is 12.0 Å². The second-order valence-electron chi connectivity index (χ2n) is 4.03. The van der Waals surface area contributed by atoms with Crippen LogP contribution in [0, 0.1) is 0 Å². The number of hydrogen-bond acceptors (Lipinski definition) is 4. The molecule has 5 heteroatoms. The lowest BCUT2D eigenvalue weighted by molar-refractivity contribution is -0.144. The highest BCUT2D eigenvalue weighted by molar-refractivity contribution is 5.84. The maximum absolute atomic E-state index is 11.7. The molecule has 98 valence electrons. The average molecular weight is 250 g/mol. The number of nitrogens with one attached hydrogen (secondary N) is 1. The minimum atomic E-state index is -0.662. The topological polar surface area (TPSA) is 81.4 Å². The average Bonchev–Trinajstić information content (AvgIpc) is 2.38. The van der Waals surface area contributed by atoms with Crippen molar-refractivity contribution in [2.75, 3.05) is 7.11 Å². The van der Waals surface area contributed by atoms with E-state index in [4.69, 9.17) is 5.73 Å². The molecule has 0 saturated heterocycles. The van der Waals surface area contributed by atoms with E-state index in [2.05, 4.69) is 10.1 Å². The predicted octanol–water partition coefficient (Wildman–Crippen LogP) is 0.754. The Bertz CT molecular complexity index is 406. The van der Waals surface area contributed by atoms with E-state index in [-0.39, 0.29) is 18.4 Å². The molecule has 0 radical (unpaired) electrons. The van der Waals surface area contributed by atoms with Gasteiger partial charge in [0.15, 0.2) is 0 Å². The van der Waals surface area contributed by atoms with E-state index >= 15 is 0 Å². The van der Waals surface area contributed by atoms with Gasteiger partial charge in [0.2, 0.25) is 5.91 Å². The summed E-state index contributed by atoms with van der Waals surface area (Å²) >= 11 is 0. The summed E-state index contributed by atoms with van der Waals surface area (Å²) in [5.41, 5.74) is 6.79. The Balaban J connectivity index is 2.48. The third-order valence-electron chi connectivity index (χ3n) is 2.57. The Morgan fingerprint density at radius 1 is 1.33 bits per heavy atom. The van der Waals surface area contributed by atoms with Gasteiger partial charge in [-0.15, -0.1) is 0 Å². The summed E-state index contributed by atoms with van der Waals surface area (Å²) in [5.74, 6) is -0.749. The standard InChI is InChI=1S/C13H18N2O3/c1-9(13(17)18-2)15-12(16)8-11(14)10-6-4-3-5-7-10/h3-7,9,11H,8,14H2,1-2H3,(H,15,16). The lowest BCUT2D eigenvalue weighted by Crippen LogP contribution is -2.40. The normalized spacial score (nSPS) is 13.5. The van der Waals surface area contributed by atoms with Crippen molar-refractivity contribution in [3.8, 4) is 0 Å². The van der Waals surface area contributed by atoms with E-state index in [0.29, 0.717) is 0 Å². The van der Waals surface area contributed by atoms with Crippen molar-refractivity contribution >= 4 is 11.9 Å². The molecule has 0 bridgehead atoms. The molecule has 18 heavy (non-hydrogen) atoms. The highest BCUT2D eigenvalue weighted by Gasteiger charge is 2.18. The molecule has 1 aromatic carbocycles. The molecular formula is C13H18N2O3. The fourth-order valence-corrected chi connectivity index (χ4v) is 1.55. The maximum atomic E-state index is 11.7. The van der Waals surface area contributed by atoms with Crippen LogP contribution in [-0.2, 0) is 14.3 Å². The summed E-state index contributed by atoms with van der Waals surface area (Å²) in [5, 5.41) is 2.54. The first-order valence-electron chi connectivity index (χ1n) is 5.72. The third kappa shape index (κ3) is 4.18. The van der Waals surface area contributed by atoms with E-state index in [9.17, 15) is 9.59 Å². The first-order chi connectivity index (χ1) is 8.54. The van der Waals surface area contributed by atoms with Crippen molar-refractivity contribution in [1.29, 1.82) is 0 Å². The minimum absolute atomic E-state index is 0.130. The predicted molar refractivity (Wildman–Crippen MR) is 67.6 cm³/mol. The van der Waals surface area contributed by atoms with Crippen LogP contribution in [0.5, 0.6) is 0 Å². The second kappa shape index (κ2) is 6.76. The van der Waals surface area contributed by atoms with Crippen LogP contribution in [0.2, 0.25) is 0 Å². The highest BCUT2D eigenvalue weighted by Crippen LogP contribution is 2.12. The first kappa shape index (κ1) is 14.2. The Morgan fingerprint density at radius 3 is 2.50 bits per heavy atom. The minimum Gasteiger partial charge on any atom is -0.467 e. The molecule has 0 aliphatic carbocycles. The van der Waals surface area contributed by atoms with Crippen molar-refractivity contribution in [3.63, 3.8) is 0 Å². The summed E-state index contributed by atoms with van der Waals surface area (Å²) in [6.07, 6.45) is 0.130. The summed E-state index contributed by atoms with van der Waals surface area (Å²) in [6.45, 7) is 1.57. The van der Waals surface area contributed by atoms with Crippen LogP contribution in [0.3, 0.4) is 0 Å². The SMILES string of the molecule is COC(=O)C(C)NC(=O)CC(N)c1ccccc1. The zero-order valence-corrected chi connectivity index (χ0v) is 10.6. The van der Waals surface area contributed by atoms with Gasteiger partial charge >= 0.3 is 5.97 Å². The number of methoxy groups -OCH3 is 1. The number of nitrogens with two attached hydrogens (primary N) is 1. The van der Waals surface area contributed by atoms with Crippen LogP contribution in [0.4, 0.5) is 0 Å². The van der Waals surface area contributed by atoms with Gasteiger partial charge in [-0.1, -0.05) is 30.3 Å². The van der Waals surface area contributed by atoms with Gasteiger partial charge in [-0.05, 0) is 12.5 Å². The Morgan fingerprint density at radius 2 is 1.94 bits per heavy atom. The monoisotopic (exact) mass is 250 g/mol. The van der Waals surface area contributed by atoms with Crippen LogP contribution in [0.1, 0.15) is 24.9 Å². The zero-order valence-electron chi connectivity index (χ0n) is 10.6. The lowest BCUT2D eigenvalue weighted by atomic mass is 10.0. The van der Waals surface area contributed by atoms with Crippen molar-refractivity contribution in [2.45, 2.75) is 25.4 Å². The van der Waals surface area contributed by atoms with Crippen molar-refractivity contribution in [2.24, 2.45) is 5.73 Å². The third-order valence-corrected chi connectivity index (χ3v) is 2.57. The molecule has 0 heterocycles. The van der Waals surface area contributed by atoms with Crippen molar-refractivity contribution in [1.82, 2.24) is 5.32 Å². The molecule has 1 amide bonds. The molecule has 0 saturated carbocycles. The molecular weight excluding hydrogens is 232 g/mol. The summed E-state index contributed by atoms with van der Waals surface area (Å²) in [6, 6.07) is 8.30. The quantitative estimate of drug-likeness (QED) is 0.756. The van der Waals surface area contributed by atoms with E-state index in [0.717, 1.165) is 5.56 Å². The molecule has 0 aliphatic rings. The molecule has 0 aliphatic heterocycles. The number of hydrogen-bond donors (Lipinski definition) is 2. The number of esters is 1. The molecule has 0 spiro atoms. The number of amides is 1. The van der Waals surface area contributed by atoms with Gasteiger partial charge in [-0.2, -0.15) is 0 Å². The molecule has 2 unspecified atom stereocenters. The number of ether oxygens (including phenoxy) is 1. The van der Waals surface area contributed by atoms with Crippen LogP contribution < -0.4 is 11.1 Å². The molecule has 2 atom stereocenters. The summed E-state index contributed by atoms with van der Waals surface area (Å²) in [4.78, 5) is 22.8. The smallest absolute Gasteiger partial charge is 0.328 e. The van der Waals surface area contributed by atoms with Gasteiger partial charge in [-0.25, -0.2) is 4.79 Å². The summed E-state index contributed by atoms with van der Waals surface area (Å²) < 4.78 is 4.52. The summed E-state index contributed by atoms with van der Waals surface area (Å²) in [7, 11) is 1.28. The van der Waals surface area contributed by atoms with E-state index in [1.165, 1.54) is 7.11 Å². The molecule has 1 rings (SSSR count). The molecule has 0 fully saturated rings. The maximum Gasteiger partial charge on any atom is 0.328 e. The Hall–Kier alpha value is -1.88. The molecule has 3 N–H and O–H groups in total. The highest BCUT2D eigenvalue weighted by atomic mass is 16.5. The van der Waals surface area contributed by atoms with Crippen LogP contribution in [0.15, 0.2) is 30.3 Å². The molecule has 5 nitrogen and oxygen atoms in total. The van der Waals surface area contributed by atoms with Gasteiger partial charge < -0.3 is 15.8 Å². The van der Waals surface area contributed by atoms with Gasteiger partial charge in [0.1, 0.15) is 6.04 Å². The lowest BCUT2D eigenvalue weighted by Gasteiger charge is -2.15. The second-order valence-corrected chi connectivity index (χ2v) is 4.03. The van der Waals surface area contributed by atoms with Crippen LogP contribution >= 0.6 is 0 Å². The van der Waals surface area contributed by atoms with Crippen molar-refractivity contribution < 1.29 is 14.3 Å². The van der Waals surface area contributed by atoms with Crippen LogP contribution in [0.25, 0.3) is 0 Å². The van der Waals surface area contributed by atoms with Gasteiger partial charge in [-0.3, -0.25) is 4.79 Å². The molecule has 1 aromatic rings. The Labute approximate surface area is 106 Å². The zero-order chi connectivity index (χ0) is 13.5. The van der Waals surface area contributed by atoms with Crippen molar-refractivity contribution in [3.05, 3.63) is 35.9 Å². The van der Waals surface area contributed by atoms with Crippen LogP contribution in [-0.4, -0.2) is 25.0 Å².